The Morgan fingerprint density at radius 1 is 1.35 bits per heavy atom. The van der Waals surface area contributed by atoms with Gasteiger partial charge >= 0.3 is 6.18 Å². The molecule has 1 rings (SSSR count). The molecule has 0 radical (unpaired) electrons. The third-order valence-corrected chi connectivity index (χ3v) is 2.14. The van der Waals surface area contributed by atoms with Crippen molar-refractivity contribution in [3.8, 4) is 5.88 Å². The Hall–Kier alpha value is -1.30. The van der Waals surface area contributed by atoms with Crippen LogP contribution in [0.25, 0.3) is 0 Å². The third kappa shape index (κ3) is 4.22. The molecule has 1 aromatic heterocycles. The molecule has 0 saturated heterocycles. The van der Waals surface area contributed by atoms with Crippen LogP contribution in [0, 0.1) is 0 Å². The third-order valence-electron chi connectivity index (χ3n) is 2.14. The molecule has 0 aliphatic carbocycles. The van der Waals surface area contributed by atoms with Crippen LogP contribution < -0.4 is 10.5 Å². The first-order valence-electron chi connectivity index (χ1n) is 5.38. The minimum absolute atomic E-state index is 0.0197. The molecule has 0 aliphatic heterocycles. The lowest BCUT2D eigenvalue weighted by Crippen LogP contribution is -2.11. The van der Waals surface area contributed by atoms with Gasteiger partial charge in [-0.2, -0.15) is 13.2 Å². The zero-order chi connectivity index (χ0) is 12.9. The van der Waals surface area contributed by atoms with Gasteiger partial charge in [0.25, 0.3) is 0 Å². The van der Waals surface area contributed by atoms with Gasteiger partial charge in [-0.25, -0.2) is 4.98 Å². The molecule has 2 N–H and O–H groups in total. The molecular weight excluding hydrogens is 233 g/mol. The largest absolute Gasteiger partial charge is 0.478 e. The van der Waals surface area contributed by atoms with Gasteiger partial charge in [0, 0.05) is 12.6 Å². The highest BCUT2D eigenvalue weighted by atomic mass is 19.4. The molecule has 1 aromatic rings. The van der Waals surface area contributed by atoms with Crippen LogP contribution in [0.2, 0.25) is 0 Å². The molecule has 6 heteroatoms. The molecule has 0 bridgehead atoms. The SMILES string of the molecule is CCCCOc1cc(CN)cc(C(F)(F)F)n1. The maximum Gasteiger partial charge on any atom is 0.433 e. The normalized spacial score (nSPS) is 11.6. The maximum absolute atomic E-state index is 12.5. The van der Waals surface area contributed by atoms with Crippen LogP contribution in [0.3, 0.4) is 0 Å². The number of unbranched alkanes of at least 4 members (excludes halogenated alkanes) is 1. The molecule has 0 atom stereocenters. The Bertz CT molecular complexity index is 366. The summed E-state index contributed by atoms with van der Waals surface area (Å²) in [6.45, 7) is 2.35. The smallest absolute Gasteiger partial charge is 0.433 e. The summed E-state index contributed by atoms with van der Waals surface area (Å²) in [5, 5.41) is 0. The summed E-state index contributed by atoms with van der Waals surface area (Å²) in [7, 11) is 0. The number of nitrogens with zero attached hydrogens (tertiary/aromatic N) is 1. The van der Waals surface area contributed by atoms with Crippen molar-refractivity contribution in [2.75, 3.05) is 6.61 Å². The molecule has 0 aromatic carbocycles. The quantitative estimate of drug-likeness (QED) is 0.815. The monoisotopic (exact) mass is 248 g/mol. The highest BCUT2D eigenvalue weighted by molar-refractivity contribution is 5.26. The second kappa shape index (κ2) is 5.86. The molecule has 96 valence electrons. The Balaban J connectivity index is 2.89. The number of alkyl halides is 3. The van der Waals surface area contributed by atoms with Crippen LogP contribution in [-0.2, 0) is 12.7 Å². The Morgan fingerprint density at radius 3 is 2.59 bits per heavy atom. The predicted octanol–water partition coefficient (Wildman–Crippen LogP) is 2.74. The van der Waals surface area contributed by atoms with E-state index in [-0.39, 0.29) is 12.4 Å². The predicted molar refractivity (Wildman–Crippen MR) is 57.5 cm³/mol. The van der Waals surface area contributed by atoms with Gasteiger partial charge in [0.1, 0.15) is 5.69 Å². The number of hydrogen-bond acceptors (Lipinski definition) is 3. The van der Waals surface area contributed by atoms with E-state index in [2.05, 4.69) is 4.98 Å². The highest BCUT2D eigenvalue weighted by Crippen LogP contribution is 2.29. The number of rotatable bonds is 5. The molecule has 3 nitrogen and oxygen atoms in total. The highest BCUT2D eigenvalue weighted by Gasteiger charge is 2.33. The van der Waals surface area contributed by atoms with E-state index in [4.69, 9.17) is 10.5 Å². The van der Waals surface area contributed by atoms with Gasteiger partial charge in [-0.3, -0.25) is 0 Å². The molecular formula is C11H15F3N2O. The Morgan fingerprint density at radius 2 is 2.06 bits per heavy atom. The summed E-state index contributed by atoms with van der Waals surface area (Å²) in [6, 6.07) is 2.37. The minimum atomic E-state index is -4.48. The van der Waals surface area contributed by atoms with Crippen molar-refractivity contribution in [1.82, 2.24) is 4.98 Å². The number of halogens is 3. The van der Waals surface area contributed by atoms with Gasteiger partial charge in [0.05, 0.1) is 6.61 Å². The van der Waals surface area contributed by atoms with Crippen molar-refractivity contribution in [2.24, 2.45) is 5.73 Å². The van der Waals surface area contributed by atoms with Crippen molar-refractivity contribution in [3.63, 3.8) is 0 Å². The minimum Gasteiger partial charge on any atom is -0.478 e. The molecule has 1 heterocycles. The van der Waals surface area contributed by atoms with Gasteiger partial charge in [0.15, 0.2) is 0 Å². The Labute approximate surface area is 97.8 Å². The lowest BCUT2D eigenvalue weighted by atomic mass is 10.2. The summed E-state index contributed by atoms with van der Waals surface area (Å²) >= 11 is 0. The first-order valence-corrected chi connectivity index (χ1v) is 5.38. The summed E-state index contributed by atoms with van der Waals surface area (Å²) in [6.07, 6.45) is -2.80. The van der Waals surface area contributed by atoms with E-state index < -0.39 is 11.9 Å². The summed E-state index contributed by atoms with van der Waals surface area (Å²) in [5.41, 5.74) is 4.73. The lowest BCUT2D eigenvalue weighted by molar-refractivity contribution is -0.141. The van der Waals surface area contributed by atoms with Gasteiger partial charge in [0.2, 0.25) is 5.88 Å². The van der Waals surface area contributed by atoms with Crippen LogP contribution in [-0.4, -0.2) is 11.6 Å². The van der Waals surface area contributed by atoms with Crippen molar-refractivity contribution >= 4 is 0 Å². The fourth-order valence-corrected chi connectivity index (χ4v) is 1.22. The first-order chi connectivity index (χ1) is 7.97. The number of nitrogens with two attached hydrogens (primary N) is 1. The van der Waals surface area contributed by atoms with Crippen molar-refractivity contribution in [2.45, 2.75) is 32.5 Å². The molecule has 0 unspecified atom stereocenters. The van der Waals surface area contributed by atoms with Crippen molar-refractivity contribution in [1.29, 1.82) is 0 Å². The van der Waals surface area contributed by atoms with E-state index in [1.54, 1.807) is 0 Å². The first kappa shape index (κ1) is 13.8. The van der Waals surface area contributed by atoms with Crippen molar-refractivity contribution < 1.29 is 17.9 Å². The fourth-order valence-electron chi connectivity index (χ4n) is 1.22. The average Bonchev–Trinajstić information content (AvgIpc) is 2.28. The van der Waals surface area contributed by atoms with E-state index in [1.165, 1.54) is 6.07 Å². The average molecular weight is 248 g/mol. The van der Waals surface area contributed by atoms with Gasteiger partial charge in [-0.15, -0.1) is 0 Å². The topological polar surface area (TPSA) is 48.1 Å². The molecule has 0 spiro atoms. The van der Waals surface area contributed by atoms with Crippen LogP contribution in [0.15, 0.2) is 12.1 Å². The zero-order valence-corrected chi connectivity index (χ0v) is 9.55. The second-order valence-electron chi connectivity index (χ2n) is 3.60. The second-order valence-corrected chi connectivity index (χ2v) is 3.60. The van der Waals surface area contributed by atoms with Gasteiger partial charge in [-0.05, 0) is 18.1 Å². The van der Waals surface area contributed by atoms with E-state index in [0.29, 0.717) is 12.2 Å². The fraction of sp³-hybridized carbons (Fsp3) is 0.545. The molecule has 0 aliphatic rings. The van der Waals surface area contributed by atoms with E-state index in [1.807, 2.05) is 6.92 Å². The van der Waals surface area contributed by atoms with E-state index >= 15 is 0 Å². The standard InChI is InChI=1S/C11H15F3N2O/c1-2-3-4-17-10-6-8(7-15)5-9(16-10)11(12,13)14/h5-6H,2-4,7,15H2,1H3. The molecule has 0 fully saturated rings. The van der Waals surface area contributed by atoms with Crippen LogP contribution in [0.4, 0.5) is 13.2 Å². The van der Waals surface area contributed by atoms with Crippen LogP contribution in [0.5, 0.6) is 5.88 Å². The van der Waals surface area contributed by atoms with Gasteiger partial charge in [-0.1, -0.05) is 13.3 Å². The van der Waals surface area contributed by atoms with Crippen LogP contribution in [0.1, 0.15) is 31.0 Å². The number of pyridine rings is 1. The van der Waals surface area contributed by atoms with E-state index in [9.17, 15) is 13.2 Å². The summed E-state index contributed by atoms with van der Waals surface area (Å²) in [5.74, 6) is -0.0197. The Kier molecular flexibility index (Phi) is 4.74. The lowest BCUT2D eigenvalue weighted by Gasteiger charge is -2.11. The molecule has 17 heavy (non-hydrogen) atoms. The summed E-state index contributed by atoms with van der Waals surface area (Å²) < 4.78 is 42.7. The van der Waals surface area contributed by atoms with Gasteiger partial charge < -0.3 is 10.5 Å². The molecule has 0 amide bonds. The van der Waals surface area contributed by atoms with Crippen LogP contribution >= 0.6 is 0 Å². The number of ether oxygens (including phenoxy) is 1. The molecule has 0 saturated carbocycles. The number of hydrogen-bond donors (Lipinski definition) is 1. The zero-order valence-electron chi connectivity index (χ0n) is 9.55. The van der Waals surface area contributed by atoms with E-state index in [0.717, 1.165) is 18.9 Å². The summed E-state index contributed by atoms with van der Waals surface area (Å²) in [4.78, 5) is 3.42. The van der Waals surface area contributed by atoms with Crippen molar-refractivity contribution in [3.05, 3.63) is 23.4 Å². The number of aromatic nitrogens is 1. The maximum atomic E-state index is 12.5.